The highest BCUT2D eigenvalue weighted by molar-refractivity contribution is 7.07. The van der Waals surface area contributed by atoms with Gasteiger partial charge in [-0.25, -0.2) is 0 Å². The molecule has 1 unspecified atom stereocenters. The molecule has 86 valence electrons. The Morgan fingerprint density at radius 1 is 1.40 bits per heavy atom. The van der Waals surface area contributed by atoms with Crippen LogP contribution in [-0.2, 0) is 6.54 Å². The van der Waals surface area contributed by atoms with Gasteiger partial charge in [-0.05, 0) is 42.4 Å². The predicted octanol–water partition coefficient (Wildman–Crippen LogP) is 2.42. The van der Waals surface area contributed by atoms with Crippen molar-refractivity contribution in [3.63, 3.8) is 0 Å². The van der Waals surface area contributed by atoms with Gasteiger partial charge in [0.1, 0.15) is 0 Å². The van der Waals surface area contributed by atoms with E-state index in [1.54, 1.807) is 11.3 Å². The molecule has 0 saturated carbocycles. The van der Waals surface area contributed by atoms with Crippen LogP contribution >= 0.6 is 11.3 Å². The molecule has 0 amide bonds. The lowest BCUT2D eigenvalue weighted by Crippen LogP contribution is -2.41. The molecule has 0 saturated heterocycles. The maximum Gasteiger partial charge on any atom is 0.0237 e. The maximum absolute atomic E-state index is 3.52. The summed E-state index contributed by atoms with van der Waals surface area (Å²) in [4.78, 5) is 2.30. The molecule has 2 nitrogen and oxygen atoms in total. The molecule has 0 fully saturated rings. The third kappa shape index (κ3) is 4.33. The van der Waals surface area contributed by atoms with Crippen LogP contribution in [-0.4, -0.2) is 31.6 Å². The summed E-state index contributed by atoms with van der Waals surface area (Å²) in [6, 6.07) is 2.79. The summed E-state index contributed by atoms with van der Waals surface area (Å²) in [6.45, 7) is 6.59. The Balaban J connectivity index is 2.28. The van der Waals surface area contributed by atoms with Gasteiger partial charge in [0.2, 0.25) is 0 Å². The first-order chi connectivity index (χ1) is 7.11. The van der Waals surface area contributed by atoms with Crippen molar-refractivity contribution < 1.29 is 0 Å². The zero-order valence-corrected chi connectivity index (χ0v) is 11.0. The maximum atomic E-state index is 3.52. The second-order valence-electron chi connectivity index (χ2n) is 4.54. The van der Waals surface area contributed by atoms with E-state index in [2.05, 4.69) is 55.0 Å². The van der Waals surface area contributed by atoms with E-state index in [0.29, 0.717) is 12.0 Å². The van der Waals surface area contributed by atoms with Crippen molar-refractivity contribution in [2.75, 3.05) is 20.6 Å². The first-order valence-electron chi connectivity index (χ1n) is 5.49. The van der Waals surface area contributed by atoms with E-state index in [1.807, 2.05) is 0 Å². The van der Waals surface area contributed by atoms with Crippen LogP contribution in [0.2, 0.25) is 0 Å². The van der Waals surface area contributed by atoms with Gasteiger partial charge in [0.15, 0.2) is 0 Å². The van der Waals surface area contributed by atoms with Gasteiger partial charge in [0.25, 0.3) is 0 Å². The van der Waals surface area contributed by atoms with Crippen LogP contribution in [0.1, 0.15) is 19.4 Å². The van der Waals surface area contributed by atoms with Gasteiger partial charge in [-0.15, -0.1) is 0 Å². The van der Waals surface area contributed by atoms with Crippen molar-refractivity contribution in [2.45, 2.75) is 26.4 Å². The number of thiophene rings is 1. The molecule has 1 heterocycles. The first kappa shape index (κ1) is 12.7. The molecule has 1 aromatic heterocycles. The molecule has 1 aromatic rings. The molecule has 0 aliphatic rings. The number of rotatable bonds is 6. The van der Waals surface area contributed by atoms with E-state index in [9.17, 15) is 0 Å². The van der Waals surface area contributed by atoms with Gasteiger partial charge in [-0.3, -0.25) is 0 Å². The third-order valence-corrected chi connectivity index (χ3v) is 3.43. The van der Waals surface area contributed by atoms with E-state index in [4.69, 9.17) is 0 Å². The number of nitrogens with zero attached hydrogens (tertiary/aromatic N) is 1. The average molecular weight is 226 g/mol. The summed E-state index contributed by atoms with van der Waals surface area (Å²) in [6.07, 6.45) is 0. The van der Waals surface area contributed by atoms with Crippen molar-refractivity contribution in [1.29, 1.82) is 0 Å². The molecular formula is C12H22N2S. The molecule has 1 N–H and O–H groups in total. The molecule has 1 rings (SSSR count). The Morgan fingerprint density at radius 3 is 2.60 bits per heavy atom. The fraction of sp³-hybridized carbons (Fsp3) is 0.667. The SMILES string of the molecule is CC(C)C(CNCc1ccsc1)N(C)C. The number of likely N-dealkylation sites (N-methyl/N-ethyl adjacent to an activating group) is 1. The van der Waals surface area contributed by atoms with E-state index in [1.165, 1.54) is 5.56 Å². The van der Waals surface area contributed by atoms with Gasteiger partial charge in [-0.2, -0.15) is 11.3 Å². The molecule has 0 radical (unpaired) electrons. The van der Waals surface area contributed by atoms with Crippen molar-refractivity contribution >= 4 is 11.3 Å². The highest BCUT2D eigenvalue weighted by Crippen LogP contribution is 2.08. The average Bonchev–Trinajstić information content (AvgIpc) is 2.63. The molecular weight excluding hydrogens is 204 g/mol. The molecule has 0 spiro atoms. The minimum atomic E-state index is 0.614. The van der Waals surface area contributed by atoms with E-state index < -0.39 is 0 Å². The smallest absolute Gasteiger partial charge is 0.0237 e. The van der Waals surface area contributed by atoms with Crippen LogP contribution in [0, 0.1) is 5.92 Å². The van der Waals surface area contributed by atoms with E-state index in [0.717, 1.165) is 13.1 Å². The van der Waals surface area contributed by atoms with Crippen LogP contribution in [0.3, 0.4) is 0 Å². The van der Waals surface area contributed by atoms with Crippen molar-refractivity contribution in [1.82, 2.24) is 10.2 Å². The molecule has 0 aromatic carbocycles. The summed E-state index contributed by atoms with van der Waals surface area (Å²) in [7, 11) is 4.30. The van der Waals surface area contributed by atoms with Crippen LogP contribution in [0.15, 0.2) is 16.8 Å². The Kier molecular flexibility index (Phi) is 5.29. The summed E-state index contributed by atoms with van der Waals surface area (Å²) >= 11 is 1.76. The van der Waals surface area contributed by atoms with E-state index >= 15 is 0 Å². The summed E-state index contributed by atoms with van der Waals surface area (Å²) in [5.74, 6) is 0.690. The van der Waals surface area contributed by atoms with Crippen molar-refractivity contribution in [3.8, 4) is 0 Å². The largest absolute Gasteiger partial charge is 0.311 e. The van der Waals surface area contributed by atoms with Crippen LogP contribution < -0.4 is 5.32 Å². The normalized spacial score (nSPS) is 13.7. The second-order valence-corrected chi connectivity index (χ2v) is 5.32. The number of nitrogens with one attached hydrogen (secondary N) is 1. The zero-order chi connectivity index (χ0) is 11.3. The van der Waals surface area contributed by atoms with Crippen LogP contribution in [0.5, 0.6) is 0 Å². The van der Waals surface area contributed by atoms with Gasteiger partial charge in [-0.1, -0.05) is 13.8 Å². The molecule has 0 aliphatic carbocycles. The zero-order valence-electron chi connectivity index (χ0n) is 10.2. The Hall–Kier alpha value is -0.380. The molecule has 15 heavy (non-hydrogen) atoms. The summed E-state index contributed by atoms with van der Waals surface area (Å²) in [5, 5.41) is 7.84. The fourth-order valence-electron chi connectivity index (χ4n) is 1.77. The Bertz CT molecular complexity index is 247. The summed E-state index contributed by atoms with van der Waals surface area (Å²) < 4.78 is 0. The highest BCUT2D eigenvalue weighted by Gasteiger charge is 2.14. The Labute approximate surface area is 97.3 Å². The molecule has 0 aliphatic heterocycles. The third-order valence-electron chi connectivity index (χ3n) is 2.70. The lowest BCUT2D eigenvalue weighted by Gasteiger charge is -2.28. The minimum Gasteiger partial charge on any atom is -0.311 e. The van der Waals surface area contributed by atoms with Crippen molar-refractivity contribution in [2.24, 2.45) is 5.92 Å². The molecule has 1 atom stereocenters. The molecule has 0 bridgehead atoms. The van der Waals surface area contributed by atoms with E-state index in [-0.39, 0.29) is 0 Å². The van der Waals surface area contributed by atoms with Crippen molar-refractivity contribution in [3.05, 3.63) is 22.4 Å². The summed E-state index contributed by atoms with van der Waals surface area (Å²) in [5.41, 5.74) is 1.39. The quantitative estimate of drug-likeness (QED) is 0.801. The fourth-order valence-corrected chi connectivity index (χ4v) is 2.44. The first-order valence-corrected chi connectivity index (χ1v) is 6.43. The second kappa shape index (κ2) is 6.26. The lowest BCUT2D eigenvalue weighted by molar-refractivity contribution is 0.224. The number of hydrogen-bond donors (Lipinski definition) is 1. The predicted molar refractivity (Wildman–Crippen MR) is 68.3 cm³/mol. The monoisotopic (exact) mass is 226 g/mol. The minimum absolute atomic E-state index is 0.614. The van der Waals surface area contributed by atoms with Gasteiger partial charge in [0, 0.05) is 19.1 Å². The van der Waals surface area contributed by atoms with Gasteiger partial charge in [0.05, 0.1) is 0 Å². The standard InChI is InChI=1S/C12H22N2S/c1-10(2)12(14(3)4)8-13-7-11-5-6-15-9-11/h5-6,9-10,12-13H,7-8H2,1-4H3. The van der Waals surface area contributed by atoms with Gasteiger partial charge >= 0.3 is 0 Å². The highest BCUT2D eigenvalue weighted by atomic mass is 32.1. The topological polar surface area (TPSA) is 15.3 Å². The molecule has 3 heteroatoms. The Morgan fingerprint density at radius 2 is 2.13 bits per heavy atom. The number of hydrogen-bond acceptors (Lipinski definition) is 3. The lowest BCUT2D eigenvalue weighted by atomic mass is 10.0. The van der Waals surface area contributed by atoms with Gasteiger partial charge < -0.3 is 10.2 Å². The van der Waals surface area contributed by atoms with Crippen LogP contribution in [0.25, 0.3) is 0 Å². The van der Waals surface area contributed by atoms with Crippen LogP contribution in [0.4, 0.5) is 0 Å².